The molecular formula is C16H25N5O. The van der Waals surface area contributed by atoms with E-state index >= 15 is 0 Å². The number of nitrogens with one attached hydrogen (secondary N) is 1. The Balaban J connectivity index is 1.59. The second-order valence-electron chi connectivity index (χ2n) is 6.52. The highest BCUT2D eigenvalue weighted by Crippen LogP contribution is 2.40. The Morgan fingerprint density at radius 2 is 1.95 bits per heavy atom. The molecule has 3 rings (SSSR count). The number of hydrogen-bond acceptors (Lipinski definition) is 5. The van der Waals surface area contributed by atoms with E-state index in [1.54, 1.807) is 7.05 Å². The normalized spacial score (nSPS) is 21.8. The molecule has 2 aliphatic rings. The van der Waals surface area contributed by atoms with Crippen molar-refractivity contribution < 1.29 is 4.79 Å². The van der Waals surface area contributed by atoms with Crippen molar-refractivity contribution in [3.05, 3.63) is 18.5 Å². The quantitative estimate of drug-likeness (QED) is 0.899. The number of hydrogen-bond donors (Lipinski definition) is 1. The zero-order valence-electron chi connectivity index (χ0n) is 13.3. The van der Waals surface area contributed by atoms with Crippen LogP contribution in [0.4, 0.5) is 5.95 Å². The molecule has 2 saturated heterocycles. The van der Waals surface area contributed by atoms with Crippen LogP contribution in [0.15, 0.2) is 18.5 Å². The molecular weight excluding hydrogens is 278 g/mol. The van der Waals surface area contributed by atoms with Gasteiger partial charge in [-0.05, 0) is 50.3 Å². The molecule has 0 saturated carbocycles. The number of aromatic nitrogens is 2. The molecule has 0 aliphatic carbocycles. The average Bonchev–Trinajstić information content (AvgIpc) is 2.58. The minimum Gasteiger partial charge on any atom is -0.358 e. The summed E-state index contributed by atoms with van der Waals surface area (Å²) in [4.78, 5) is 24.9. The summed E-state index contributed by atoms with van der Waals surface area (Å²) in [7, 11) is 1.70. The first-order valence-corrected chi connectivity index (χ1v) is 8.16. The van der Waals surface area contributed by atoms with E-state index in [2.05, 4.69) is 25.1 Å². The van der Waals surface area contributed by atoms with Gasteiger partial charge in [0.15, 0.2) is 0 Å². The molecule has 6 nitrogen and oxygen atoms in total. The Morgan fingerprint density at radius 3 is 2.64 bits per heavy atom. The van der Waals surface area contributed by atoms with E-state index in [9.17, 15) is 4.79 Å². The molecule has 0 unspecified atom stereocenters. The fourth-order valence-electron chi connectivity index (χ4n) is 3.71. The number of carbonyl (C=O) groups is 1. The van der Waals surface area contributed by atoms with Crippen molar-refractivity contribution in [1.82, 2.24) is 20.2 Å². The molecule has 0 bridgehead atoms. The molecule has 1 N–H and O–H groups in total. The maximum atomic E-state index is 11.5. The topological polar surface area (TPSA) is 61.4 Å². The first-order chi connectivity index (χ1) is 10.7. The molecule has 6 heteroatoms. The Morgan fingerprint density at radius 1 is 1.23 bits per heavy atom. The van der Waals surface area contributed by atoms with E-state index in [0.29, 0.717) is 12.0 Å². The Kier molecular flexibility index (Phi) is 4.57. The van der Waals surface area contributed by atoms with E-state index in [1.165, 1.54) is 12.8 Å². The van der Waals surface area contributed by atoms with Crippen molar-refractivity contribution >= 4 is 11.9 Å². The Hall–Kier alpha value is -1.69. The lowest BCUT2D eigenvalue weighted by Gasteiger charge is -2.47. The Bertz CT molecular complexity index is 499. The van der Waals surface area contributed by atoms with Crippen molar-refractivity contribution in [2.45, 2.75) is 25.7 Å². The third kappa shape index (κ3) is 3.38. The van der Waals surface area contributed by atoms with Crippen molar-refractivity contribution in [1.29, 1.82) is 0 Å². The molecule has 1 amide bonds. The fourth-order valence-corrected chi connectivity index (χ4v) is 3.71. The van der Waals surface area contributed by atoms with Gasteiger partial charge in [-0.3, -0.25) is 9.69 Å². The molecule has 1 spiro atoms. The first-order valence-electron chi connectivity index (χ1n) is 8.16. The third-order valence-electron chi connectivity index (χ3n) is 5.06. The van der Waals surface area contributed by atoms with E-state index in [1.807, 2.05) is 18.5 Å². The maximum absolute atomic E-state index is 11.5. The lowest BCUT2D eigenvalue weighted by Crippen LogP contribution is -2.51. The molecule has 1 aromatic rings. The summed E-state index contributed by atoms with van der Waals surface area (Å²) in [5, 5.41) is 2.71. The summed E-state index contributed by atoms with van der Waals surface area (Å²) in [6.07, 6.45) is 8.43. The maximum Gasteiger partial charge on any atom is 0.233 e. The monoisotopic (exact) mass is 303 g/mol. The first kappa shape index (κ1) is 15.2. The predicted molar refractivity (Wildman–Crippen MR) is 85.7 cm³/mol. The molecule has 120 valence electrons. The highest BCUT2D eigenvalue weighted by molar-refractivity contribution is 5.77. The summed E-state index contributed by atoms with van der Waals surface area (Å²) in [5.41, 5.74) is 0.372. The average molecular weight is 303 g/mol. The molecule has 0 atom stereocenters. The molecule has 1 aromatic heterocycles. The van der Waals surface area contributed by atoms with Crippen LogP contribution in [0.3, 0.4) is 0 Å². The van der Waals surface area contributed by atoms with Crippen LogP contribution in [0.2, 0.25) is 0 Å². The number of likely N-dealkylation sites (N-methyl/N-ethyl adjacent to an activating group) is 1. The van der Waals surface area contributed by atoms with Crippen LogP contribution in [-0.4, -0.2) is 60.5 Å². The number of anilines is 1. The summed E-state index contributed by atoms with van der Waals surface area (Å²) in [6.45, 7) is 4.64. The van der Waals surface area contributed by atoms with E-state index in [-0.39, 0.29) is 5.91 Å². The zero-order chi connectivity index (χ0) is 15.4. The second-order valence-corrected chi connectivity index (χ2v) is 6.52. The number of amides is 1. The molecule has 2 aliphatic heterocycles. The lowest BCUT2D eigenvalue weighted by atomic mass is 9.72. The third-order valence-corrected chi connectivity index (χ3v) is 5.06. The second kappa shape index (κ2) is 6.60. The van der Waals surface area contributed by atoms with Crippen molar-refractivity contribution in [3.63, 3.8) is 0 Å². The molecule has 22 heavy (non-hydrogen) atoms. The number of piperidine rings is 2. The number of rotatable bonds is 3. The number of carbonyl (C=O) groups excluding carboxylic acids is 1. The summed E-state index contributed by atoms with van der Waals surface area (Å²) >= 11 is 0. The van der Waals surface area contributed by atoms with Crippen LogP contribution >= 0.6 is 0 Å². The summed E-state index contributed by atoms with van der Waals surface area (Å²) in [5.74, 6) is 0.966. The predicted octanol–water partition coefficient (Wildman–Crippen LogP) is 0.905. The van der Waals surface area contributed by atoms with Crippen molar-refractivity contribution in [3.8, 4) is 0 Å². The van der Waals surface area contributed by atoms with Gasteiger partial charge < -0.3 is 10.2 Å². The largest absolute Gasteiger partial charge is 0.358 e. The van der Waals surface area contributed by atoms with E-state index in [4.69, 9.17) is 0 Å². The van der Waals surface area contributed by atoms with Gasteiger partial charge in [0.1, 0.15) is 0 Å². The van der Waals surface area contributed by atoms with E-state index < -0.39 is 0 Å². The minimum atomic E-state index is 0.110. The van der Waals surface area contributed by atoms with Crippen molar-refractivity contribution in [2.75, 3.05) is 44.7 Å². The van der Waals surface area contributed by atoms with Gasteiger partial charge in [0.05, 0.1) is 6.54 Å². The fraction of sp³-hybridized carbons (Fsp3) is 0.688. The van der Waals surface area contributed by atoms with Gasteiger partial charge >= 0.3 is 0 Å². The summed E-state index contributed by atoms with van der Waals surface area (Å²) < 4.78 is 0. The highest BCUT2D eigenvalue weighted by Gasteiger charge is 2.39. The highest BCUT2D eigenvalue weighted by atomic mass is 16.1. The van der Waals surface area contributed by atoms with Crippen LogP contribution in [0.1, 0.15) is 25.7 Å². The van der Waals surface area contributed by atoms with Gasteiger partial charge in [-0.1, -0.05) is 0 Å². The van der Waals surface area contributed by atoms with Crippen LogP contribution in [0.25, 0.3) is 0 Å². The molecule has 0 radical (unpaired) electrons. The summed E-state index contributed by atoms with van der Waals surface area (Å²) in [6, 6.07) is 1.86. The van der Waals surface area contributed by atoms with Gasteiger partial charge in [0, 0.05) is 32.5 Å². The molecule has 0 aromatic carbocycles. The molecule has 2 fully saturated rings. The van der Waals surface area contributed by atoms with Gasteiger partial charge in [-0.15, -0.1) is 0 Å². The number of nitrogens with zero attached hydrogens (tertiary/aromatic N) is 4. The van der Waals surface area contributed by atoms with Crippen LogP contribution in [0.5, 0.6) is 0 Å². The SMILES string of the molecule is CNC(=O)CN1CCC2(CCCN(c3ncccn3)C2)CC1. The molecule has 3 heterocycles. The smallest absolute Gasteiger partial charge is 0.233 e. The number of likely N-dealkylation sites (tertiary alicyclic amines) is 1. The minimum absolute atomic E-state index is 0.110. The van der Waals surface area contributed by atoms with Gasteiger partial charge in [0.25, 0.3) is 0 Å². The standard InChI is InChI=1S/C16H25N5O/c1-17-14(22)12-20-10-5-16(6-11-20)4-2-9-21(13-16)15-18-7-3-8-19-15/h3,7-8H,2,4-6,9-13H2,1H3,(H,17,22). The van der Waals surface area contributed by atoms with Crippen LogP contribution < -0.4 is 10.2 Å². The zero-order valence-corrected chi connectivity index (χ0v) is 13.3. The lowest BCUT2D eigenvalue weighted by molar-refractivity contribution is -0.122. The van der Waals surface area contributed by atoms with Gasteiger partial charge in [-0.25, -0.2) is 9.97 Å². The Labute approximate surface area is 131 Å². The van der Waals surface area contributed by atoms with Gasteiger partial charge in [0.2, 0.25) is 11.9 Å². The van der Waals surface area contributed by atoms with Crippen LogP contribution in [-0.2, 0) is 4.79 Å². The van der Waals surface area contributed by atoms with Crippen molar-refractivity contribution in [2.24, 2.45) is 5.41 Å². The van der Waals surface area contributed by atoms with E-state index in [0.717, 1.165) is 45.0 Å². The van der Waals surface area contributed by atoms with Gasteiger partial charge in [-0.2, -0.15) is 0 Å². The van der Waals surface area contributed by atoms with Crippen LogP contribution in [0, 0.1) is 5.41 Å².